The van der Waals surface area contributed by atoms with Crippen LogP contribution in [0, 0.1) is 0 Å². The second-order valence-electron chi connectivity index (χ2n) is 6.80. The maximum atomic E-state index is 12.4. The van der Waals surface area contributed by atoms with Gasteiger partial charge < -0.3 is 20.3 Å². The molecule has 8 heteroatoms. The molecule has 2 aliphatic rings. The van der Waals surface area contributed by atoms with E-state index >= 15 is 0 Å². The molecule has 2 saturated heterocycles. The van der Waals surface area contributed by atoms with E-state index in [-0.39, 0.29) is 30.3 Å². The van der Waals surface area contributed by atoms with Crippen LogP contribution in [0.2, 0.25) is 0 Å². The van der Waals surface area contributed by atoms with Crippen LogP contribution < -0.4 is 15.4 Å². The number of nitrogens with zero attached hydrogens (tertiary/aromatic N) is 2. The molecule has 0 radical (unpaired) electrons. The van der Waals surface area contributed by atoms with Crippen LogP contribution in [-0.4, -0.2) is 80.6 Å². The molecule has 0 unspecified atom stereocenters. The van der Waals surface area contributed by atoms with Crippen LogP contribution in [0.15, 0.2) is 24.3 Å². The second kappa shape index (κ2) is 10.5. The molecule has 1 aromatic carbocycles. The van der Waals surface area contributed by atoms with Crippen LogP contribution in [0.25, 0.3) is 0 Å². The average molecular weight is 397 g/mol. The highest BCUT2D eigenvalue weighted by Gasteiger charge is 2.28. The van der Waals surface area contributed by atoms with E-state index in [2.05, 4.69) is 15.5 Å². The lowest BCUT2D eigenvalue weighted by molar-refractivity contribution is -0.134. The summed E-state index contributed by atoms with van der Waals surface area (Å²) in [6.45, 7) is 5.60. The first-order valence-electron chi connectivity index (χ1n) is 9.34. The highest BCUT2D eigenvalue weighted by Crippen LogP contribution is 2.12. The van der Waals surface area contributed by atoms with Crippen molar-refractivity contribution in [1.82, 2.24) is 20.4 Å². The predicted molar refractivity (Wildman–Crippen MR) is 107 cm³/mol. The van der Waals surface area contributed by atoms with Gasteiger partial charge in [0.1, 0.15) is 5.75 Å². The molecule has 3 rings (SSSR count). The van der Waals surface area contributed by atoms with Gasteiger partial charge in [0.15, 0.2) is 0 Å². The molecule has 150 valence electrons. The van der Waals surface area contributed by atoms with Gasteiger partial charge in [0.25, 0.3) is 5.91 Å². The van der Waals surface area contributed by atoms with Gasteiger partial charge in [-0.05, 0) is 43.7 Å². The number of hydrogen-bond acceptors (Lipinski definition) is 5. The summed E-state index contributed by atoms with van der Waals surface area (Å²) >= 11 is 0. The highest BCUT2D eigenvalue weighted by atomic mass is 35.5. The van der Waals surface area contributed by atoms with Crippen LogP contribution in [0.1, 0.15) is 23.2 Å². The average Bonchev–Trinajstić information content (AvgIpc) is 3.23. The quantitative estimate of drug-likeness (QED) is 0.742. The largest absolute Gasteiger partial charge is 0.497 e. The number of hydrogen-bond donors (Lipinski definition) is 2. The number of ether oxygens (including phenoxy) is 1. The number of benzene rings is 1. The van der Waals surface area contributed by atoms with Gasteiger partial charge in [0.2, 0.25) is 5.91 Å². The molecule has 7 nitrogen and oxygen atoms in total. The smallest absolute Gasteiger partial charge is 0.251 e. The predicted octanol–water partition coefficient (Wildman–Crippen LogP) is 0.743. The van der Waals surface area contributed by atoms with E-state index in [4.69, 9.17) is 4.74 Å². The summed E-state index contributed by atoms with van der Waals surface area (Å²) in [5.41, 5.74) is 0.630. The van der Waals surface area contributed by atoms with Crippen molar-refractivity contribution < 1.29 is 14.3 Å². The van der Waals surface area contributed by atoms with Crippen LogP contribution in [0.4, 0.5) is 0 Å². The number of methoxy groups -OCH3 is 1. The van der Waals surface area contributed by atoms with Crippen molar-refractivity contribution >= 4 is 24.2 Å². The SMILES string of the molecule is COc1ccc(C(=O)NCCN2CCN(C(=O)[C@@H]3CCCN3)CC2)cc1.Cl. The van der Waals surface area contributed by atoms with Crippen molar-refractivity contribution in [2.75, 3.05) is 52.9 Å². The van der Waals surface area contributed by atoms with Gasteiger partial charge in [-0.25, -0.2) is 0 Å². The number of halogens is 1. The Labute approximate surface area is 166 Å². The zero-order chi connectivity index (χ0) is 18.4. The summed E-state index contributed by atoms with van der Waals surface area (Å²) in [5, 5.41) is 6.22. The van der Waals surface area contributed by atoms with Gasteiger partial charge in [-0.1, -0.05) is 0 Å². The normalized spacial score (nSPS) is 20.0. The van der Waals surface area contributed by atoms with Crippen molar-refractivity contribution in [3.8, 4) is 5.75 Å². The van der Waals surface area contributed by atoms with E-state index in [0.29, 0.717) is 12.1 Å². The lowest BCUT2D eigenvalue weighted by Gasteiger charge is -2.36. The molecule has 2 fully saturated rings. The van der Waals surface area contributed by atoms with Gasteiger partial charge >= 0.3 is 0 Å². The zero-order valence-corrected chi connectivity index (χ0v) is 16.6. The number of carbonyl (C=O) groups is 2. The number of rotatable bonds is 6. The molecule has 0 spiro atoms. The Hall–Kier alpha value is -1.83. The topological polar surface area (TPSA) is 73.9 Å². The fourth-order valence-electron chi connectivity index (χ4n) is 3.48. The van der Waals surface area contributed by atoms with E-state index in [1.165, 1.54) is 0 Å². The summed E-state index contributed by atoms with van der Waals surface area (Å²) in [6, 6.07) is 7.10. The zero-order valence-electron chi connectivity index (χ0n) is 15.8. The molecule has 2 N–H and O–H groups in total. The first-order chi connectivity index (χ1) is 12.7. The Bertz CT molecular complexity index is 612. The molecule has 2 heterocycles. The third kappa shape index (κ3) is 5.82. The first kappa shape index (κ1) is 21.5. The molecular formula is C19H29ClN4O3. The summed E-state index contributed by atoms with van der Waals surface area (Å²) < 4.78 is 5.10. The number of carbonyl (C=O) groups excluding carboxylic acids is 2. The van der Waals surface area contributed by atoms with E-state index in [9.17, 15) is 9.59 Å². The lowest BCUT2D eigenvalue weighted by Crippen LogP contribution is -2.53. The first-order valence-corrected chi connectivity index (χ1v) is 9.34. The molecule has 0 aromatic heterocycles. The van der Waals surface area contributed by atoms with Crippen LogP contribution in [-0.2, 0) is 4.79 Å². The monoisotopic (exact) mass is 396 g/mol. The molecule has 2 amide bonds. The third-order valence-electron chi connectivity index (χ3n) is 5.11. The minimum atomic E-state index is -0.0752. The number of piperazine rings is 1. The van der Waals surface area contributed by atoms with E-state index < -0.39 is 0 Å². The number of amides is 2. The maximum absolute atomic E-state index is 12.4. The third-order valence-corrected chi connectivity index (χ3v) is 5.11. The second-order valence-corrected chi connectivity index (χ2v) is 6.80. The molecule has 2 aliphatic heterocycles. The minimum Gasteiger partial charge on any atom is -0.497 e. The molecule has 0 saturated carbocycles. The van der Waals surface area contributed by atoms with Gasteiger partial charge in [0.05, 0.1) is 13.2 Å². The Balaban J connectivity index is 0.00000261. The molecule has 1 atom stereocenters. The Morgan fingerprint density at radius 3 is 2.48 bits per heavy atom. The minimum absolute atomic E-state index is 0. The Morgan fingerprint density at radius 1 is 1.19 bits per heavy atom. The fraction of sp³-hybridized carbons (Fsp3) is 0.579. The van der Waals surface area contributed by atoms with Crippen molar-refractivity contribution in [2.45, 2.75) is 18.9 Å². The van der Waals surface area contributed by atoms with Crippen molar-refractivity contribution in [3.63, 3.8) is 0 Å². The van der Waals surface area contributed by atoms with Crippen LogP contribution in [0.5, 0.6) is 5.75 Å². The van der Waals surface area contributed by atoms with E-state index in [1.54, 1.807) is 31.4 Å². The van der Waals surface area contributed by atoms with E-state index in [1.807, 2.05) is 4.90 Å². The molecule has 0 bridgehead atoms. The molecule has 1 aromatic rings. The summed E-state index contributed by atoms with van der Waals surface area (Å²) in [4.78, 5) is 28.8. The highest BCUT2D eigenvalue weighted by molar-refractivity contribution is 5.94. The number of nitrogens with one attached hydrogen (secondary N) is 2. The van der Waals surface area contributed by atoms with Crippen LogP contribution in [0.3, 0.4) is 0 Å². The summed E-state index contributed by atoms with van der Waals surface area (Å²) in [5.74, 6) is 0.908. The Morgan fingerprint density at radius 2 is 1.89 bits per heavy atom. The summed E-state index contributed by atoms with van der Waals surface area (Å²) in [6.07, 6.45) is 2.04. The Kier molecular flexibility index (Phi) is 8.34. The van der Waals surface area contributed by atoms with Gasteiger partial charge in [0, 0.05) is 44.8 Å². The van der Waals surface area contributed by atoms with Gasteiger partial charge in [-0.2, -0.15) is 0 Å². The van der Waals surface area contributed by atoms with Gasteiger partial charge in [-0.3, -0.25) is 14.5 Å². The molecule has 0 aliphatic carbocycles. The lowest BCUT2D eigenvalue weighted by atomic mass is 10.2. The summed E-state index contributed by atoms with van der Waals surface area (Å²) in [7, 11) is 1.60. The van der Waals surface area contributed by atoms with Crippen molar-refractivity contribution in [3.05, 3.63) is 29.8 Å². The van der Waals surface area contributed by atoms with Gasteiger partial charge in [-0.15, -0.1) is 12.4 Å². The molecule has 27 heavy (non-hydrogen) atoms. The molecular weight excluding hydrogens is 368 g/mol. The van der Waals surface area contributed by atoms with Crippen molar-refractivity contribution in [2.24, 2.45) is 0 Å². The van der Waals surface area contributed by atoms with E-state index in [0.717, 1.165) is 57.9 Å². The fourth-order valence-corrected chi connectivity index (χ4v) is 3.48. The van der Waals surface area contributed by atoms with Crippen molar-refractivity contribution in [1.29, 1.82) is 0 Å². The maximum Gasteiger partial charge on any atom is 0.251 e. The standard InChI is InChI=1S/C19H28N4O3.ClH/c1-26-16-6-4-15(5-7-16)18(24)21-9-10-22-11-13-23(14-12-22)19(25)17-3-2-8-20-17;/h4-7,17,20H,2-3,8-14H2,1H3,(H,21,24);1H/t17-;/m0./s1. The van der Waals surface area contributed by atoms with Crippen LogP contribution >= 0.6 is 12.4 Å².